The molecule has 0 saturated carbocycles. The monoisotopic (exact) mass is 373 g/mol. The van der Waals surface area contributed by atoms with E-state index < -0.39 is 0 Å². The van der Waals surface area contributed by atoms with Gasteiger partial charge >= 0.3 is 0 Å². The highest BCUT2D eigenvalue weighted by Crippen LogP contribution is 2.37. The van der Waals surface area contributed by atoms with Crippen molar-refractivity contribution in [3.63, 3.8) is 0 Å². The van der Waals surface area contributed by atoms with Gasteiger partial charge in [0.05, 0.1) is 11.4 Å². The Morgan fingerprint density at radius 2 is 1.14 bits per heavy atom. The highest BCUT2D eigenvalue weighted by molar-refractivity contribution is 5.99. The maximum atomic E-state index is 4.71. The molecule has 0 heterocycles. The minimum Gasteiger partial charge on any atom is -0.354 e. The maximum absolute atomic E-state index is 4.71. The van der Waals surface area contributed by atoms with Crippen LogP contribution in [0.2, 0.25) is 0 Å². The van der Waals surface area contributed by atoms with Crippen molar-refractivity contribution in [2.75, 3.05) is 5.32 Å². The fourth-order valence-corrected chi connectivity index (χ4v) is 3.54. The fourth-order valence-electron chi connectivity index (χ4n) is 3.54. The summed E-state index contributed by atoms with van der Waals surface area (Å²) >= 11 is 0. The third-order valence-corrected chi connectivity index (χ3v) is 4.98. The van der Waals surface area contributed by atoms with Crippen molar-refractivity contribution < 1.29 is 0 Å². The Labute approximate surface area is 169 Å². The van der Waals surface area contributed by atoms with E-state index in [1.54, 1.807) is 0 Å². The summed E-state index contributed by atoms with van der Waals surface area (Å²) in [7, 11) is 0. The van der Waals surface area contributed by atoms with E-state index >= 15 is 0 Å². The zero-order chi connectivity index (χ0) is 19.5. The number of fused-ring (bicyclic) bond motifs is 2. The molecule has 3 heteroatoms. The fraction of sp³-hybridized carbons (Fsp3) is 0. The van der Waals surface area contributed by atoms with Crippen LogP contribution in [0.1, 0.15) is 0 Å². The number of azo groups is 1. The molecule has 5 aromatic carbocycles. The van der Waals surface area contributed by atoms with E-state index in [1.165, 1.54) is 0 Å². The van der Waals surface area contributed by atoms with Crippen molar-refractivity contribution in [2.24, 2.45) is 10.2 Å². The zero-order valence-electron chi connectivity index (χ0n) is 15.8. The van der Waals surface area contributed by atoms with Gasteiger partial charge in [0, 0.05) is 16.5 Å². The summed E-state index contributed by atoms with van der Waals surface area (Å²) in [5, 5.41) is 17.3. The van der Waals surface area contributed by atoms with Crippen LogP contribution in [0.15, 0.2) is 119 Å². The molecule has 5 aromatic rings. The molecule has 138 valence electrons. The first-order valence-electron chi connectivity index (χ1n) is 9.62. The van der Waals surface area contributed by atoms with Gasteiger partial charge in [-0.1, -0.05) is 84.9 Å². The van der Waals surface area contributed by atoms with E-state index in [0.717, 1.165) is 44.3 Å². The van der Waals surface area contributed by atoms with Gasteiger partial charge in [-0.2, -0.15) is 0 Å². The van der Waals surface area contributed by atoms with E-state index in [0.29, 0.717) is 0 Å². The van der Waals surface area contributed by atoms with E-state index in [4.69, 9.17) is 5.11 Å². The lowest BCUT2D eigenvalue weighted by Crippen LogP contribution is -1.90. The molecule has 0 radical (unpaired) electrons. The average molecular weight is 373 g/mol. The van der Waals surface area contributed by atoms with E-state index in [2.05, 4.69) is 52.9 Å². The lowest BCUT2D eigenvalue weighted by atomic mass is 10.1. The molecule has 0 aromatic heterocycles. The third kappa shape index (κ3) is 3.46. The number of rotatable bonds is 4. The Balaban J connectivity index is 1.64. The van der Waals surface area contributed by atoms with Gasteiger partial charge in [-0.15, -0.1) is 10.2 Å². The highest BCUT2D eigenvalue weighted by atomic mass is 15.1. The van der Waals surface area contributed by atoms with E-state index in [9.17, 15) is 0 Å². The molecule has 0 fully saturated rings. The summed E-state index contributed by atoms with van der Waals surface area (Å²) in [6.07, 6.45) is 0. The van der Waals surface area contributed by atoms with Gasteiger partial charge in [-0.25, -0.2) is 0 Å². The van der Waals surface area contributed by atoms with Crippen LogP contribution in [0.5, 0.6) is 0 Å². The van der Waals surface area contributed by atoms with Gasteiger partial charge in [-0.05, 0) is 35.0 Å². The lowest BCUT2D eigenvalue weighted by molar-refractivity contribution is 1.25. The molecule has 0 aliphatic heterocycles. The van der Waals surface area contributed by atoms with Crippen molar-refractivity contribution in [1.29, 1.82) is 0 Å². The standard InChI is InChI=1S/C26H19N3/c1-2-12-21(13-3-1)27-25-18-17-20-10-5-7-15-23(20)26(25)29-28-24-16-8-11-19-9-4-6-14-22(19)24/h1-18,27H. The molecular weight excluding hydrogens is 354 g/mol. The Morgan fingerprint density at radius 1 is 0.483 bits per heavy atom. The van der Waals surface area contributed by atoms with Gasteiger partial charge in [0.25, 0.3) is 0 Å². The minimum atomic E-state index is 0.833. The smallest absolute Gasteiger partial charge is 0.117 e. The number of nitrogens with one attached hydrogen (secondary N) is 1. The van der Waals surface area contributed by atoms with Crippen molar-refractivity contribution in [3.8, 4) is 0 Å². The molecule has 0 bridgehead atoms. The number of hydrogen-bond acceptors (Lipinski definition) is 3. The SMILES string of the molecule is c1ccc(Nc2ccc3ccccc3c2N=Nc2cccc3ccccc23)cc1. The molecule has 0 spiro atoms. The maximum Gasteiger partial charge on any atom is 0.117 e. The summed E-state index contributed by atoms with van der Waals surface area (Å²) in [5.41, 5.74) is 3.64. The van der Waals surface area contributed by atoms with Crippen LogP contribution in [-0.4, -0.2) is 0 Å². The van der Waals surface area contributed by atoms with Crippen LogP contribution in [0.25, 0.3) is 21.5 Å². The predicted molar refractivity (Wildman–Crippen MR) is 122 cm³/mol. The molecule has 0 unspecified atom stereocenters. The van der Waals surface area contributed by atoms with Gasteiger partial charge in [-0.3, -0.25) is 0 Å². The molecule has 0 amide bonds. The van der Waals surface area contributed by atoms with Crippen LogP contribution in [0, 0.1) is 0 Å². The Bertz CT molecular complexity index is 1320. The normalized spacial score (nSPS) is 11.3. The van der Waals surface area contributed by atoms with Crippen molar-refractivity contribution in [2.45, 2.75) is 0 Å². The molecule has 0 aliphatic carbocycles. The largest absolute Gasteiger partial charge is 0.354 e. The number of hydrogen-bond donors (Lipinski definition) is 1. The highest BCUT2D eigenvalue weighted by Gasteiger charge is 2.08. The molecule has 3 nitrogen and oxygen atoms in total. The molecule has 0 atom stereocenters. The first-order valence-corrected chi connectivity index (χ1v) is 9.62. The number of nitrogens with zero attached hydrogens (tertiary/aromatic N) is 2. The quantitative estimate of drug-likeness (QED) is 0.317. The van der Waals surface area contributed by atoms with Gasteiger partial charge in [0.15, 0.2) is 0 Å². The lowest BCUT2D eigenvalue weighted by Gasteiger charge is -2.11. The minimum absolute atomic E-state index is 0.833. The Kier molecular flexibility index (Phi) is 4.47. The average Bonchev–Trinajstić information content (AvgIpc) is 2.79. The number of para-hydroxylation sites is 1. The second kappa shape index (κ2) is 7.56. The second-order valence-electron chi connectivity index (χ2n) is 6.87. The summed E-state index contributed by atoms with van der Waals surface area (Å²) < 4.78 is 0. The first-order chi connectivity index (χ1) is 14.4. The van der Waals surface area contributed by atoms with Gasteiger partial charge < -0.3 is 5.32 Å². The van der Waals surface area contributed by atoms with Crippen LogP contribution in [0.3, 0.4) is 0 Å². The van der Waals surface area contributed by atoms with Crippen LogP contribution < -0.4 is 5.32 Å². The molecule has 5 rings (SSSR count). The summed E-state index contributed by atoms with van der Waals surface area (Å²) in [6.45, 7) is 0. The summed E-state index contributed by atoms with van der Waals surface area (Å²) in [4.78, 5) is 0. The molecule has 0 saturated heterocycles. The van der Waals surface area contributed by atoms with E-state index in [1.807, 2.05) is 66.7 Å². The molecule has 0 aliphatic rings. The first kappa shape index (κ1) is 17.1. The van der Waals surface area contributed by atoms with Crippen molar-refractivity contribution in [3.05, 3.63) is 109 Å². The van der Waals surface area contributed by atoms with E-state index in [-0.39, 0.29) is 0 Å². The topological polar surface area (TPSA) is 36.8 Å². The van der Waals surface area contributed by atoms with Crippen LogP contribution in [0.4, 0.5) is 22.7 Å². The zero-order valence-corrected chi connectivity index (χ0v) is 15.8. The summed E-state index contributed by atoms with van der Waals surface area (Å²) in [5.74, 6) is 0. The number of anilines is 2. The number of benzene rings is 5. The van der Waals surface area contributed by atoms with Gasteiger partial charge in [0.1, 0.15) is 5.69 Å². The second-order valence-corrected chi connectivity index (χ2v) is 6.87. The molecule has 29 heavy (non-hydrogen) atoms. The third-order valence-electron chi connectivity index (χ3n) is 4.98. The van der Waals surface area contributed by atoms with Crippen molar-refractivity contribution in [1.82, 2.24) is 0 Å². The summed E-state index contributed by atoms with van der Waals surface area (Å²) in [6, 6.07) is 36.9. The van der Waals surface area contributed by atoms with Crippen molar-refractivity contribution >= 4 is 44.3 Å². The van der Waals surface area contributed by atoms with Gasteiger partial charge in [0.2, 0.25) is 0 Å². The molecular formula is C26H19N3. The Morgan fingerprint density at radius 3 is 1.97 bits per heavy atom. The van der Waals surface area contributed by atoms with Crippen LogP contribution in [-0.2, 0) is 0 Å². The predicted octanol–water partition coefficient (Wildman–Crippen LogP) is 8.15. The Hall–Kier alpha value is -3.98. The molecule has 1 N–H and O–H groups in total. The van der Waals surface area contributed by atoms with Crippen LogP contribution >= 0.6 is 0 Å².